The number of imidazole rings is 1. The van der Waals surface area contributed by atoms with Crippen molar-refractivity contribution >= 4 is 38.4 Å². The molecule has 1 aliphatic carbocycles. The summed E-state index contributed by atoms with van der Waals surface area (Å²) in [7, 11) is -2.41. The third kappa shape index (κ3) is 4.61. The number of benzene rings is 2. The Morgan fingerprint density at radius 2 is 1.85 bits per heavy atom. The fraction of sp³-hybridized carbons (Fsp3) is 0.154. The number of pyridine rings is 1. The molecule has 0 spiro atoms. The lowest BCUT2D eigenvalue weighted by Gasteiger charge is -2.15. The van der Waals surface area contributed by atoms with Crippen molar-refractivity contribution in [2.75, 3.05) is 17.1 Å². The maximum absolute atomic E-state index is 15.6. The van der Waals surface area contributed by atoms with Crippen LogP contribution in [-0.2, 0) is 10.0 Å². The first-order chi connectivity index (χ1) is 18.9. The Morgan fingerprint density at radius 3 is 2.64 bits per heavy atom. The van der Waals surface area contributed by atoms with Crippen LogP contribution in [0.3, 0.4) is 0 Å². The molecule has 0 aliphatic heterocycles. The van der Waals surface area contributed by atoms with Crippen LogP contribution in [0.2, 0.25) is 0 Å². The molecule has 10 nitrogen and oxygen atoms in total. The Balaban J connectivity index is 1.28. The molecular formula is C26H21F2N7O3S. The van der Waals surface area contributed by atoms with Gasteiger partial charge in [-0.05, 0) is 48.4 Å². The van der Waals surface area contributed by atoms with E-state index in [4.69, 9.17) is 4.74 Å². The van der Waals surface area contributed by atoms with Crippen LogP contribution >= 0.6 is 0 Å². The molecule has 5 aromatic rings. The van der Waals surface area contributed by atoms with Crippen molar-refractivity contribution in [3.63, 3.8) is 0 Å². The third-order valence-electron chi connectivity index (χ3n) is 6.55. The molecular weight excluding hydrogens is 528 g/mol. The Kier molecular flexibility index (Phi) is 6.06. The van der Waals surface area contributed by atoms with Gasteiger partial charge >= 0.3 is 0 Å². The number of methoxy groups -OCH3 is 1. The molecule has 2 unspecified atom stereocenters. The lowest BCUT2D eigenvalue weighted by atomic mass is 10.1. The largest absolute Gasteiger partial charge is 0.497 e. The smallest absolute Gasteiger partial charge is 0.236 e. The summed E-state index contributed by atoms with van der Waals surface area (Å²) < 4.78 is 64.0. The zero-order chi connectivity index (χ0) is 27.1. The summed E-state index contributed by atoms with van der Waals surface area (Å²) in [5, 5.41) is 1.93. The van der Waals surface area contributed by atoms with Crippen LogP contribution in [0.1, 0.15) is 17.9 Å². The maximum Gasteiger partial charge on any atom is 0.236 e. The highest BCUT2D eigenvalue weighted by atomic mass is 32.2. The number of aromatic amines is 1. The van der Waals surface area contributed by atoms with Crippen molar-refractivity contribution < 1.29 is 21.9 Å². The summed E-state index contributed by atoms with van der Waals surface area (Å²) >= 11 is 0. The van der Waals surface area contributed by atoms with Gasteiger partial charge in [0, 0.05) is 17.7 Å². The summed E-state index contributed by atoms with van der Waals surface area (Å²) in [6.45, 7) is 0. The number of nitrogens with zero attached hydrogens (tertiary/aromatic N) is 4. The number of hydrogen-bond donors (Lipinski definition) is 3. The van der Waals surface area contributed by atoms with Crippen LogP contribution in [0, 0.1) is 11.6 Å². The van der Waals surface area contributed by atoms with Gasteiger partial charge in [-0.2, -0.15) is 0 Å². The highest BCUT2D eigenvalue weighted by Crippen LogP contribution is 2.47. The maximum atomic E-state index is 15.6. The van der Waals surface area contributed by atoms with Crippen LogP contribution in [0.25, 0.3) is 22.4 Å². The van der Waals surface area contributed by atoms with Gasteiger partial charge in [-0.15, -0.1) is 0 Å². The molecule has 3 heterocycles. The second-order valence-corrected chi connectivity index (χ2v) is 10.8. The molecule has 3 N–H and O–H groups in total. The number of anilines is 3. The Morgan fingerprint density at radius 1 is 1.03 bits per heavy atom. The summed E-state index contributed by atoms with van der Waals surface area (Å²) in [6.07, 6.45) is 4.61. The van der Waals surface area contributed by atoms with Crippen molar-refractivity contribution in [3.05, 3.63) is 84.6 Å². The summed E-state index contributed by atoms with van der Waals surface area (Å²) in [4.78, 5) is 19.7. The van der Waals surface area contributed by atoms with Crippen molar-refractivity contribution in [2.45, 2.75) is 17.6 Å². The van der Waals surface area contributed by atoms with Gasteiger partial charge in [0.2, 0.25) is 10.0 Å². The number of rotatable bonds is 8. The van der Waals surface area contributed by atoms with Crippen LogP contribution < -0.4 is 14.8 Å². The monoisotopic (exact) mass is 549 g/mol. The average molecular weight is 550 g/mol. The van der Waals surface area contributed by atoms with E-state index in [2.05, 4.69) is 35.0 Å². The molecule has 198 valence electrons. The standard InChI is InChI=1S/C26H21F2N7O3S/c1-38-15-6-4-14(5-7-15)17-11-20(17)39(36,37)35-19-9-8-18(27)23(21(19)28)34-25-16(3-2-10-29-25)22-24-26(32-12-30-22)33-13-31-24/h2-10,12-13,17,20,35H,11H2,1H3,(H,29,34)(H,30,31,32,33). The molecule has 1 saturated carbocycles. The minimum atomic E-state index is -3.96. The van der Waals surface area contributed by atoms with Crippen molar-refractivity contribution in [1.29, 1.82) is 0 Å². The SMILES string of the molecule is COc1ccc(C2CC2S(=O)(=O)Nc2ccc(F)c(Nc3ncccc3-c3ncnc4nc[nH]c34)c2F)cc1. The van der Waals surface area contributed by atoms with Crippen molar-refractivity contribution in [3.8, 4) is 17.0 Å². The Bertz CT molecular complexity index is 1800. The predicted octanol–water partition coefficient (Wildman–Crippen LogP) is 4.74. The average Bonchev–Trinajstić information content (AvgIpc) is 3.63. The third-order valence-corrected chi connectivity index (χ3v) is 8.37. The number of sulfonamides is 1. The minimum absolute atomic E-state index is 0.103. The van der Waals surface area contributed by atoms with Gasteiger partial charge in [-0.25, -0.2) is 37.1 Å². The molecule has 39 heavy (non-hydrogen) atoms. The van der Waals surface area contributed by atoms with E-state index >= 15 is 4.39 Å². The minimum Gasteiger partial charge on any atom is -0.497 e. The first kappa shape index (κ1) is 24.7. The van der Waals surface area contributed by atoms with Gasteiger partial charge in [0.15, 0.2) is 11.5 Å². The van der Waals surface area contributed by atoms with Gasteiger partial charge in [0.05, 0.1) is 24.4 Å². The second-order valence-electron chi connectivity index (χ2n) is 8.93. The number of H-pyrrole nitrogens is 1. The number of aromatic nitrogens is 5. The Hall–Kier alpha value is -4.65. The highest BCUT2D eigenvalue weighted by Gasteiger charge is 2.48. The van der Waals surface area contributed by atoms with E-state index in [0.29, 0.717) is 34.6 Å². The Labute approximate surface area is 221 Å². The first-order valence-corrected chi connectivity index (χ1v) is 13.4. The summed E-state index contributed by atoms with van der Waals surface area (Å²) in [5.41, 5.74) is 1.68. The molecule has 1 fully saturated rings. The molecule has 2 aromatic carbocycles. The van der Waals surface area contributed by atoms with Gasteiger partial charge in [0.1, 0.15) is 40.6 Å². The van der Waals surface area contributed by atoms with Gasteiger partial charge in [-0.1, -0.05) is 12.1 Å². The predicted molar refractivity (Wildman–Crippen MR) is 141 cm³/mol. The number of nitrogens with one attached hydrogen (secondary N) is 3. The van der Waals surface area contributed by atoms with Gasteiger partial charge < -0.3 is 15.0 Å². The molecule has 0 radical (unpaired) electrons. The van der Waals surface area contributed by atoms with Crippen LogP contribution in [0.5, 0.6) is 5.75 Å². The van der Waals surface area contributed by atoms with Gasteiger partial charge in [0.25, 0.3) is 0 Å². The number of ether oxygens (including phenoxy) is 1. The van der Waals surface area contributed by atoms with E-state index in [1.54, 1.807) is 43.5 Å². The molecule has 1 aliphatic rings. The van der Waals surface area contributed by atoms with E-state index in [1.807, 2.05) is 0 Å². The molecule has 6 rings (SSSR count). The molecule has 0 bridgehead atoms. The normalized spacial score (nSPS) is 16.7. The second kappa shape index (κ2) is 9.58. The summed E-state index contributed by atoms with van der Waals surface area (Å²) in [6, 6.07) is 12.5. The molecule has 13 heteroatoms. The number of halogens is 2. The number of hydrogen-bond acceptors (Lipinski definition) is 8. The van der Waals surface area contributed by atoms with Crippen molar-refractivity contribution in [1.82, 2.24) is 24.9 Å². The first-order valence-electron chi connectivity index (χ1n) is 11.9. The fourth-order valence-corrected chi connectivity index (χ4v) is 6.14. The zero-order valence-corrected chi connectivity index (χ0v) is 21.2. The van der Waals surface area contributed by atoms with E-state index in [0.717, 1.165) is 17.7 Å². The zero-order valence-electron chi connectivity index (χ0n) is 20.4. The number of fused-ring (bicyclic) bond motifs is 1. The molecule has 0 saturated heterocycles. The summed E-state index contributed by atoms with van der Waals surface area (Å²) in [5.74, 6) is -1.50. The molecule has 3 aromatic heterocycles. The quantitative estimate of drug-likeness (QED) is 0.253. The molecule has 2 atom stereocenters. The highest BCUT2D eigenvalue weighted by molar-refractivity contribution is 7.93. The van der Waals surface area contributed by atoms with E-state index in [-0.39, 0.29) is 17.4 Å². The van der Waals surface area contributed by atoms with Crippen LogP contribution in [0.15, 0.2) is 67.4 Å². The lowest BCUT2D eigenvalue weighted by molar-refractivity contribution is 0.414. The molecule has 0 amide bonds. The topological polar surface area (TPSA) is 135 Å². The van der Waals surface area contributed by atoms with E-state index < -0.39 is 32.6 Å². The van der Waals surface area contributed by atoms with Crippen LogP contribution in [0.4, 0.5) is 26.0 Å². The van der Waals surface area contributed by atoms with E-state index in [1.165, 1.54) is 18.9 Å². The lowest BCUT2D eigenvalue weighted by Crippen LogP contribution is -2.20. The van der Waals surface area contributed by atoms with Gasteiger partial charge in [-0.3, -0.25) is 4.72 Å². The van der Waals surface area contributed by atoms with Crippen LogP contribution in [-0.4, -0.2) is 45.7 Å². The van der Waals surface area contributed by atoms with E-state index in [9.17, 15) is 12.8 Å². The van der Waals surface area contributed by atoms with Crippen molar-refractivity contribution in [2.24, 2.45) is 0 Å². The fourth-order valence-electron chi connectivity index (χ4n) is 4.48.